The van der Waals surface area contributed by atoms with Gasteiger partial charge in [-0.3, -0.25) is 9.59 Å². The predicted molar refractivity (Wildman–Crippen MR) is 70.2 cm³/mol. The summed E-state index contributed by atoms with van der Waals surface area (Å²) in [5.74, 6) is 0.503. The van der Waals surface area contributed by atoms with Gasteiger partial charge in [-0.2, -0.15) is 0 Å². The maximum absolute atomic E-state index is 11.9. The molecule has 1 atom stereocenters. The van der Waals surface area contributed by atoms with Crippen LogP contribution in [0.4, 0.5) is 5.69 Å². The van der Waals surface area contributed by atoms with Crippen LogP contribution >= 0.6 is 0 Å². The highest BCUT2D eigenvalue weighted by atomic mass is 16.5. The maximum Gasteiger partial charge on any atom is 0.279 e. The third kappa shape index (κ3) is 3.69. The van der Waals surface area contributed by atoms with Crippen molar-refractivity contribution in [1.29, 1.82) is 0 Å². The van der Waals surface area contributed by atoms with Crippen molar-refractivity contribution < 1.29 is 19.2 Å². The SMILES string of the molecule is COc1ccccc1NC(=O)C[NH+]1CCNC(=O)C1. The Morgan fingerprint density at radius 1 is 1.47 bits per heavy atom. The molecule has 1 aliphatic heterocycles. The number of amides is 2. The van der Waals surface area contributed by atoms with E-state index in [1.807, 2.05) is 12.1 Å². The zero-order chi connectivity index (χ0) is 13.7. The van der Waals surface area contributed by atoms with Gasteiger partial charge >= 0.3 is 0 Å². The molecule has 102 valence electrons. The number of nitrogens with one attached hydrogen (secondary N) is 3. The number of anilines is 1. The molecule has 2 amide bonds. The van der Waals surface area contributed by atoms with E-state index < -0.39 is 0 Å². The Labute approximate surface area is 111 Å². The highest BCUT2D eigenvalue weighted by Gasteiger charge is 2.22. The highest BCUT2D eigenvalue weighted by molar-refractivity contribution is 5.93. The van der Waals surface area contributed by atoms with Gasteiger partial charge in [0.25, 0.3) is 11.8 Å². The Hall–Kier alpha value is -2.08. The molecule has 1 aliphatic rings. The Balaban J connectivity index is 1.92. The minimum atomic E-state index is -0.116. The van der Waals surface area contributed by atoms with E-state index in [9.17, 15) is 9.59 Å². The van der Waals surface area contributed by atoms with Gasteiger partial charge < -0.3 is 20.3 Å². The van der Waals surface area contributed by atoms with Crippen molar-refractivity contribution in [2.24, 2.45) is 0 Å². The molecular formula is C13H18N3O3+. The van der Waals surface area contributed by atoms with E-state index in [2.05, 4.69) is 10.6 Å². The largest absolute Gasteiger partial charge is 0.495 e. The number of methoxy groups -OCH3 is 1. The normalized spacial score (nSPS) is 18.6. The van der Waals surface area contributed by atoms with Crippen molar-refractivity contribution in [3.63, 3.8) is 0 Å². The van der Waals surface area contributed by atoms with E-state index in [0.29, 0.717) is 24.5 Å². The third-order valence-corrected chi connectivity index (χ3v) is 3.00. The minimum Gasteiger partial charge on any atom is -0.495 e. The average Bonchev–Trinajstić information content (AvgIpc) is 2.39. The molecule has 1 heterocycles. The Bertz CT molecular complexity index is 476. The molecule has 1 fully saturated rings. The maximum atomic E-state index is 11.9. The first-order chi connectivity index (χ1) is 9.19. The number of quaternary nitrogens is 1. The fourth-order valence-corrected chi connectivity index (χ4v) is 2.08. The van der Waals surface area contributed by atoms with Crippen LogP contribution in [0.25, 0.3) is 0 Å². The minimum absolute atomic E-state index is 0.00802. The summed E-state index contributed by atoms with van der Waals surface area (Å²) in [6.07, 6.45) is 0. The lowest BCUT2D eigenvalue weighted by atomic mass is 10.3. The fraction of sp³-hybridized carbons (Fsp3) is 0.385. The molecule has 0 bridgehead atoms. The van der Waals surface area contributed by atoms with Crippen LogP contribution < -0.4 is 20.3 Å². The lowest BCUT2D eigenvalue weighted by Gasteiger charge is -2.23. The first kappa shape index (κ1) is 13.4. The van der Waals surface area contributed by atoms with Gasteiger partial charge in [0, 0.05) is 0 Å². The topological polar surface area (TPSA) is 71.9 Å². The van der Waals surface area contributed by atoms with Crippen LogP contribution in [0.1, 0.15) is 0 Å². The van der Waals surface area contributed by atoms with Crippen molar-refractivity contribution in [3.8, 4) is 5.75 Å². The zero-order valence-corrected chi connectivity index (χ0v) is 10.9. The van der Waals surface area contributed by atoms with Crippen LogP contribution in [0.3, 0.4) is 0 Å². The van der Waals surface area contributed by atoms with Gasteiger partial charge in [-0.15, -0.1) is 0 Å². The second kappa shape index (κ2) is 6.19. The molecule has 1 saturated heterocycles. The van der Waals surface area contributed by atoms with Gasteiger partial charge in [0.1, 0.15) is 5.75 Å². The number of para-hydroxylation sites is 2. The van der Waals surface area contributed by atoms with Crippen molar-refractivity contribution >= 4 is 17.5 Å². The van der Waals surface area contributed by atoms with E-state index in [0.717, 1.165) is 11.4 Å². The lowest BCUT2D eigenvalue weighted by Crippen LogP contribution is -3.16. The van der Waals surface area contributed by atoms with Gasteiger partial charge in [-0.1, -0.05) is 12.1 Å². The number of piperazine rings is 1. The molecule has 0 saturated carbocycles. The molecule has 2 rings (SSSR count). The Morgan fingerprint density at radius 2 is 2.26 bits per heavy atom. The van der Waals surface area contributed by atoms with Gasteiger partial charge in [-0.05, 0) is 12.1 Å². The number of hydrogen-bond donors (Lipinski definition) is 3. The van der Waals surface area contributed by atoms with E-state index >= 15 is 0 Å². The number of hydrogen-bond acceptors (Lipinski definition) is 3. The molecule has 1 aromatic carbocycles. The van der Waals surface area contributed by atoms with Gasteiger partial charge in [0.15, 0.2) is 13.1 Å². The first-order valence-electron chi connectivity index (χ1n) is 6.22. The molecule has 3 N–H and O–H groups in total. The Morgan fingerprint density at radius 3 is 3.00 bits per heavy atom. The van der Waals surface area contributed by atoms with Crippen LogP contribution in [0.15, 0.2) is 24.3 Å². The van der Waals surface area contributed by atoms with Crippen LogP contribution in [-0.4, -0.2) is 45.1 Å². The second-order valence-corrected chi connectivity index (χ2v) is 4.45. The smallest absolute Gasteiger partial charge is 0.279 e. The summed E-state index contributed by atoms with van der Waals surface area (Å²) < 4.78 is 5.17. The van der Waals surface area contributed by atoms with Gasteiger partial charge in [0.2, 0.25) is 0 Å². The summed E-state index contributed by atoms with van der Waals surface area (Å²) in [6.45, 7) is 2.02. The quantitative estimate of drug-likeness (QED) is 0.629. The van der Waals surface area contributed by atoms with E-state index in [4.69, 9.17) is 4.74 Å². The standard InChI is InChI=1S/C13H17N3O3/c1-19-11-5-3-2-4-10(11)15-13(18)9-16-7-6-14-12(17)8-16/h2-5H,6-9H2,1H3,(H,14,17)(H,15,18)/p+1. The van der Waals surface area contributed by atoms with Crippen LogP contribution in [0.2, 0.25) is 0 Å². The fourth-order valence-electron chi connectivity index (χ4n) is 2.08. The molecule has 0 aliphatic carbocycles. The number of ether oxygens (including phenoxy) is 1. The van der Waals surface area contributed by atoms with Crippen LogP contribution in [0.5, 0.6) is 5.75 Å². The van der Waals surface area contributed by atoms with Crippen molar-refractivity contribution in [2.75, 3.05) is 38.6 Å². The molecule has 0 radical (unpaired) electrons. The van der Waals surface area contributed by atoms with Crippen molar-refractivity contribution in [2.45, 2.75) is 0 Å². The number of carbonyl (C=O) groups is 2. The average molecular weight is 264 g/mol. The predicted octanol–water partition coefficient (Wildman–Crippen LogP) is -1.35. The molecule has 0 aromatic heterocycles. The molecular weight excluding hydrogens is 246 g/mol. The molecule has 1 aromatic rings. The number of carbonyl (C=O) groups excluding carboxylic acids is 2. The molecule has 19 heavy (non-hydrogen) atoms. The van der Waals surface area contributed by atoms with Crippen LogP contribution in [0, 0.1) is 0 Å². The van der Waals surface area contributed by atoms with Gasteiger partial charge in [-0.25, -0.2) is 0 Å². The summed E-state index contributed by atoms with van der Waals surface area (Å²) in [4.78, 5) is 24.1. The van der Waals surface area contributed by atoms with E-state index in [1.165, 1.54) is 0 Å². The summed E-state index contributed by atoms with van der Waals surface area (Å²) in [6, 6.07) is 7.25. The number of rotatable bonds is 4. The summed E-state index contributed by atoms with van der Waals surface area (Å²) in [5.41, 5.74) is 0.649. The van der Waals surface area contributed by atoms with Crippen molar-refractivity contribution in [1.82, 2.24) is 5.32 Å². The lowest BCUT2D eigenvalue weighted by molar-refractivity contribution is -0.885. The summed E-state index contributed by atoms with van der Waals surface area (Å²) in [7, 11) is 1.56. The zero-order valence-electron chi connectivity index (χ0n) is 10.9. The van der Waals surface area contributed by atoms with E-state index in [-0.39, 0.29) is 18.4 Å². The molecule has 0 spiro atoms. The highest BCUT2D eigenvalue weighted by Crippen LogP contribution is 2.22. The second-order valence-electron chi connectivity index (χ2n) is 4.45. The monoisotopic (exact) mass is 264 g/mol. The van der Waals surface area contributed by atoms with E-state index in [1.54, 1.807) is 19.2 Å². The molecule has 1 unspecified atom stereocenters. The first-order valence-corrected chi connectivity index (χ1v) is 6.22. The summed E-state index contributed by atoms with van der Waals surface area (Å²) >= 11 is 0. The van der Waals surface area contributed by atoms with Gasteiger partial charge in [0.05, 0.1) is 25.9 Å². The van der Waals surface area contributed by atoms with Crippen LogP contribution in [-0.2, 0) is 9.59 Å². The summed E-state index contributed by atoms with van der Waals surface area (Å²) in [5, 5.41) is 5.55. The molecule has 6 heteroatoms. The number of benzene rings is 1. The van der Waals surface area contributed by atoms with Crippen molar-refractivity contribution in [3.05, 3.63) is 24.3 Å². The molecule has 6 nitrogen and oxygen atoms in total. The third-order valence-electron chi connectivity index (χ3n) is 3.00. The Kier molecular flexibility index (Phi) is 4.35.